The van der Waals surface area contributed by atoms with E-state index in [-0.39, 0.29) is 18.1 Å². The standard InChI is InChI=1S/C28H26BrFN4O/c29-23-10-8-19(9-11-23)28-25(34-12-4-3-7-26(34)31-28)18-32-14-21-16-33(17-22(21)15-32)27(35)13-20-5-1-2-6-24(20)30/h1-12,21-22H,13-18H2. The van der Waals surface area contributed by atoms with Gasteiger partial charge in [0, 0.05) is 49.0 Å². The zero-order valence-corrected chi connectivity index (χ0v) is 20.9. The van der Waals surface area contributed by atoms with Gasteiger partial charge in [0.2, 0.25) is 5.91 Å². The van der Waals surface area contributed by atoms with E-state index in [2.05, 4.69) is 55.7 Å². The fraction of sp³-hybridized carbons (Fsp3) is 0.286. The van der Waals surface area contributed by atoms with Crippen LogP contribution in [0.4, 0.5) is 4.39 Å². The summed E-state index contributed by atoms with van der Waals surface area (Å²) in [5.74, 6) is 0.626. The molecule has 0 spiro atoms. The van der Waals surface area contributed by atoms with Gasteiger partial charge in [0.25, 0.3) is 0 Å². The van der Waals surface area contributed by atoms with Crippen molar-refractivity contribution in [3.05, 3.63) is 94.5 Å². The molecule has 1 amide bonds. The minimum Gasteiger partial charge on any atom is -0.342 e. The Morgan fingerprint density at radius 2 is 1.66 bits per heavy atom. The number of pyridine rings is 1. The third kappa shape index (κ3) is 4.39. The number of halogens is 2. The molecular formula is C28H26BrFN4O. The number of fused-ring (bicyclic) bond motifs is 2. The molecule has 2 aliphatic heterocycles. The Hall–Kier alpha value is -3.03. The fourth-order valence-corrected chi connectivity index (χ4v) is 5.85. The summed E-state index contributed by atoms with van der Waals surface area (Å²) in [6, 6.07) is 21.0. The van der Waals surface area contributed by atoms with Gasteiger partial charge in [-0.25, -0.2) is 9.37 Å². The summed E-state index contributed by atoms with van der Waals surface area (Å²) in [5.41, 5.74) is 4.74. The van der Waals surface area contributed by atoms with Crippen LogP contribution in [-0.4, -0.2) is 51.3 Å². The number of benzene rings is 2. The maximum Gasteiger partial charge on any atom is 0.227 e. The van der Waals surface area contributed by atoms with Crippen molar-refractivity contribution < 1.29 is 9.18 Å². The predicted octanol–water partition coefficient (Wildman–Crippen LogP) is 5.04. The van der Waals surface area contributed by atoms with E-state index in [1.807, 2.05) is 23.1 Å². The highest BCUT2D eigenvalue weighted by molar-refractivity contribution is 9.10. The van der Waals surface area contributed by atoms with Crippen LogP contribution in [0.25, 0.3) is 16.9 Å². The van der Waals surface area contributed by atoms with Gasteiger partial charge in [-0.15, -0.1) is 0 Å². The third-order valence-corrected chi connectivity index (χ3v) is 7.86. The molecule has 0 aliphatic carbocycles. The summed E-state index contributed by atoms with van der Waals surface area (Å²) in [6.45, 7) is 4.22. The lowest BCUT2D eigenvalue weighted by Gasteiger charge is -2.22. The van der Waals surface area contributed by atoms with Crippen molar-refractivity contribution in [1.29, 1.82) is 0 Å². The van der Waals surface area contributed by atoms with Crippen molar-refractivity contribution in [2.24, 2.45) is 11.8 Å². The lowest BCUT2D eigenvalue weighted by Crippen LogP contribution is -2.34. The second kappa shape index (κ2) is 9.21. The van der Waals surface area contributed by atoms with Gasteiger partial charge in [-0.1, -0.05) is 52.3 Å². The average Bonchev–Trinajstić information content (AvgIpc) is 3.53. The van der Waals surface area contributed by atoms with Gasteiger partial charge in [-0.2, -0.15) is 0 Å². The zero-order chi connectivity index (χ0) is 23.9. The van der Waals surface area contributed by atoms with E-state index >= 15 is 0 Å². The van der Waals surface area contributed by atoms with Crippen LogP contribution in [0.2, 0.25) is 0 Å². The fourth-order valence-electron chi connectivity index (χ4n) is 5.59. The number of hydrogen-bond donors (Lipinski definition) is 0. The highest BCUT2D eigenvalue weighted by Gasteiger charge is 2.41. The topological polar surface area (TPSA) is 40.9 Å². The highest BCUT2D eigenvalue weighted by Crippen LogP contribution is 2.34. The molecule has 2 aromatic carbocycles. The van der Waals surface area contributed by atoms with Gasteiger partial charge >= 0.3 is 0 Å². The lowest BCUT2D eigenvalue weighted by molar-refractivity contribution is -0.129. The van der Waals surface area contributed by atoms with Crippen molar-refractivity contribution in [3.8, 4) is 11.3 Å². The molecule has 7 heteroatoms. The molecule has 2 unspecified atom stereocenters. The quantitative estimate of drug-likeness (QED) is 0.361. The van der Waals surface area contributed by atoms with Gasteiger partial charge in [-0.05, 0) is 47.7 Å². The molecule has 2 atom stereocenters. The monoisotopic (exact) mass is 532 g/mol. The number of nitrogens with zero attached hydrogens (tertiary/aromatic N) is 4. The molecule has 0 radical (unpaired) electrons. The van der Waals surface area contributed by atoms with Crippen molar-refractivity contribution in [2.75, 3.05) is 26.2 Å². The van der Waals surface area contributed by atoms with Crippen LogP contribution in [0.5, 0.6) is 0 Å². The van der Waals surface area contributed by atoms with Crippen LogP contribution in [0, 0.1) is 17.7 Å². The van der Waals surface area contributed by atoms with Crippen molar-refractivity contribution >= 4 is 27.5 Å². The summed E-state index contributed by atoms with van der Waals surface area (Å²) in [5, 5.41) is 0. The van der Waals surface area contributed by atoms with E-state index in [1.54, 1.807) is 18.2 Å². The first-order valence-corrected chi connectivity index (χ1v) is 12.8. The Kier molecular flexibility index (Phi) is 5.90. The second-order valence-corrected chi connectivity index (χ2v) is 10.5. The predicted molar refractivity (Wildman–Crippen MR) is 137 cm³/mol. The zero-order valence-electron chi connectivity index (χ0n) is 19.3. The average molecular weight is 533 g/mol. The molecule has 5 nitrogen and oxygen atoms in total. The van der Waals surface area contributed by atoms with Gasteiger partial charge in [0.05, 0.1) is 17.8 Å². The molecule has 178 valence electrons. The molecule has 6 rings (SSSR count). The Morgan fingerprint density at radius 3 is 2.40 bits per heavy atom. The summed E-state index contributed by atoms with van der Waals surface area (Å²) in [4.78, 5) is 22.2. The molecule has 2 aliphatic rings. The number of hydrogen-bond acceptors (Lipinski definition) is 3. The molecule has 2 aromatic heterocycles. The first kappa shape index (κ1) is 22.4. The van der Waals surface area contributed by atoms with Gasteiger partial charge in [0.1, 0.15) is 11.5 Å². The van der Waals surface area contributed by atoms with Crippen molar-refractivity contribution in [2.45, 2.75) is 13.0 Å². The molecule has 0 saturated carbocycles. The molecule has 35 heavy (non-hydrogen) atoms. The molecule has 0 N–H and O–H groups in total. The maximum absolute atomic E-state index is 14.0. The van der Waals surface area contributed by atoms with E-state index in [0.717, 1.165) is 54.1 Å². The van der Waals surface area contributed by atoms with Gasteiger partial charge < -0.3 is 9.30 Å². The van der Waals surface area contributed by atoms with Gasteiger partial charge in [-0.3, -0.25) is 9.69 Å². The van der Waals surface area contributed by atoms with E-state index < -0.39 is 0 Å². The molecular weight excluding hydrogens is 507 g/mol. The van der Waals surface area contributed by atoms with E-state index in [0.29, 0.717) is 17.4 Å². The van der Waals surface area contributed by atoms with E-state index in [9.17, 15) is 9.18 Å². The van der Waals surface area contributed by atoms with E-state index in [1.165, 1.54) is 11.8 Å². The summed E-state index contributed by atoms with van der Waals surface area (Å²) in [6.07, 6.45) is 2.22. The number of imidazole rings is 1. The number of carbonyl (C=O) groups excluding carboxylic acids is 1. The SMILES string of the molecule is O=C(Cc1ccccc1F)N1CC2CN(Cc3c(-c4ccc(Br)cc4)nc4ccccn34)CC2C1. The first-order chi connectivity index (χ1) is 17.0. The maximum atomic E-state index is 14.0. The Balaban J connectivity index is 1.16. The van der Waals surface area contributed by atoms with Crippen LogP contribution in [0.3, 0.4) is 0 Å². The van der Waals surface area contributed by atoms with Crippen molar-refractivity contribution in [3.63, 3.8) is 0 Å². The van der Waals surface area contributed by atoms with Crippen LogP contribution < -0.4 is 0 Å². The number of carbonyl (C=O) groups is 1. The number of likely N-dealkylation sites (tertiary alicyclic amines) is 2. The molecule has 4 aromatic rings. The molecule has 0 bridgehead atoms. The largest absolute Gasteiger partial charge is 0.342 e. The summed E-state index contributed by atoms with van der Waals surface area (Å²) >= 11 is 3.53. The van der Waals surface area contributed by atoms with Crippen molar-refractivity contribution in [1.82, 2.24) is 19.2 Å². The Bertz CT molecular complexity index is 1370. The van der Waals surface area contributed by atoms with Crippen LogP contribution in [0.1, 0.15) is 11.3 Å². The highest BCUT2D eigenvalue weighted by atomic mass is 79.9. The summed E-state index contributed by atoms with van der Waals surface area (Å²) in [7, 11) is 0. The van der Waals surface area contributed by atoms with Crippen LogP contribution in [-0.2, 0) is 17.8 Å². The number of amides is 1. The first-order valence-electron chi connectivity index (χ1n) is 12.0. The van der Waals surface area contributed by atoms with Crippen LogP contribution in [0.15, 0.2) is 77.4 Å². The summed E-state index contributed by atoms with van der Waals surface area (Å²) < 4.78 is 17.2. The molecule has 2 fully saturated rings. The number of rotatable bonds is 5. The van der Waals surface area contributed by atoms with Crippen LogP contribution >= 0.6 is 15.9 Å². The minimum absolute atomic E-state index is 0.0235. The Labute approximate surface area is 212 Å². The Morgan fingerprint density at radius 1 is 0.943 bits per heavy atom. The van der Waals surface area contributed by atoms with E-state index in [4.69, 9.17) is 4.98 Å². The van der Waals surface area contributed by atoms with Gasteiger partial charge in [0.15, 0.2) is 0 Å². The molecule has 4 heterocycles. The number of aromatic nitrogens is 2. The molecule has 2 saturated heterocycles. The third-order valence-electron chi connectivity index (χ3n) is 7.33. The lowest BCUT2D eigenvalue weighted by atomic mass is 10.0. The second-order valence-electron chi connectivity index (χ2n) is 9.62. The smallest absolute Gasteiger partial charge is 0.227 e. The normalized spacial score (nSPS) is 20.0. The minimum atomic E-state index is -0.305.